The molecule has 86 valence electrons. The van der Waals surface area contributed by atoms with Crippen LogP contribution in [-0.2, 0) is 9.84 Å². The molecule has 15 heavy (non-hydrogen) atoms. The maximum absolute atomic E-state index is 11.3. The zero-order chi connectivity index (χ0) is 10.9. The molecule has 1 fully saturated rings. The van der Waals surface area contributed by atoms with Gasteiger partial charge in [-0.1, -0.05) is 11.6 Å². The van der Waals surface area contributed by atoms with E-state index < -0.39 is 15.9 Å². The van der Waals surface area contributed by atoms with Crippen molar-refractivity contribution in [3.05, 3.63) is 11.6 Å². The van der Waals surface area contributed by atoms with E-state index in [9.17, 15) is 13.5 Å². The van der Waals surface area contributed by atoms with Crippen molar-refractivity contribution in [1.29, 1.82) is 0 Å². The van der Waals surface area contributed by atoms with Crippen LogP contribution in [0.4, 0.5) is 0 Å². The minimum absolute atomic E-state index is 0.297. The normalized spacial score (nSPS) is 32.3. The summed E-state index contributed by atoms with van der Waals surface area (Å²) in [5.74, 6) is 0.937. The van der Waals surface area contributed by atoms with Crippen molar-refractivity contribution in [2.45, 2.75) is 18.9 Å². The molecule has 1 unspecified atom stereocenters. The topological polar surface area (TPSA) is 66.4 Å². The van der Waals surface area contributed by atoms with Gasteiger partial charge in [0.1, 0.15) is 9.84 Å². The summed E-state index contributed by atoms with van der Waals surface area (Å²) in [6.45, 7) is 1.40. The number of hydrogen-bond acceptors (Lipinski definition) is 4. The fourth-order valence-corrected chi connectivity index (χ4v) is 3.76. The fraction of sp³-hybridized carbons (Fsp3) is 0.800. The van der Waals surface area contributed by atoms with Crippen LogP contribution in [0.25, 0.3) is 0 Å². The quantitative estimate of drug-likeness (QED) is 0.608. The fourth-order valence-electron chi connectivity index (χ4n) is 2.27. The third kappa shape index (κ3) is 2.80. The Balaban J connectivity index is 2.01. The Morgan fingerprint density at radius 3 is 2.60 bits per heavy atom. The molecule has 0 aromatic carbocycles. The van der Waals surface area contributed by atoms with Gasteiger partial charge in [-0.3, -0.25) is 0 Å². The van der Waals surface area contributed by atoms with Crippen molar-refractivity contribution >= 4 is 9.84 Å². The summed E-state index contributed by atoms with van der Waals surface area (Å²) >= 11 is 0. The highest BCUT2D eigenvalue weighted by Gasteiger charge is 2.27. The van der Waals surface area contributed by atoms with E-state index in [1.54, 1.807) is 0 Å². The molecule has 2 rings (SSSR count). The summed E-state index contributed by atoms with van der Waals surface area (Å²) in [4.78, 5) is 0. The average molecular weight is 231 g/mol. The predicted molar refractivity (Wildman–Crippen MR) is 58.3 cm³/mol. The van der Waals surface area contributed by atoms with Gasteiger partial charge >= 0.3 is 0 Å². The van der Waals surface area contributed by atoms with Crippen LogP contribution in [-0.4, -0.2) is 44.2 Å². The molecule has 2 N–H and O–H groups in total. The second-order valence-electron chi connectivity index (χ2n) is 4.37. The first-order valence-corrected chi connectivity index (χ1v) is 7.19. The highest BCUT2D eigenvalue weighted by atomic mass is 32.2. The smallest absolute Gasteiger partial charge is 0.150 e. The molecule has 0 amide bonds. The van der Waals surface area contributed by atoms with E-state index in [-0.39, 0.29) is 0 Å². The third-order valence-corrected chi connectivity index (χ3v) is 4.88. The van der Waals surface area contributed by atoms with E-state index in [2.05, 4.69) is 5.32 Å². The summed E-state index contributed by atoms with van der Waals surface area (Å²) < 4.78 is 22.5. The van der Waals surface area contributed by atoms with Gasteiger partial charge in [-0.05, 0) is 18.8 Å². The number of rotatable bonds is 1. The van der Waals surface area contributed by atoms with Crippen molar-refractivity contribution in [3.8, 4) is 0 Å². The first kappa shape index (κ1) is 11.1. The van der Waals surface area contributed by atoms with E-state index in [0.717, 1.165) is 6.54 Å². The van der Waals surface area contributed by atoms with Crippen LogP contribution in [0.5, 0.6) is 0 Å². The Kier molecular flexibility index (Phi) is 3.13. The summed E-state index contributed by atoms with van der Waals surface area (Å²) in [6.07, 6.45) is 2.90. The summed E-state index contributed by atoms with van der Waals surface area (Å²) in [5, 5.41) is 12.6. The third-order valence-electron chi connectivity index (χ3n) is 3.17. The zero-order valence-electron chi connectivity index (χ0n) is 8.65. The number of β-amino-alcohol motifs (C(OH)–C–C–N with tert-alkyl or cyclic N) is 1. The Bertz CT molecular complexity index is 347. The van der Waals surface area contributed by atoms with Crippen molar-refractivity contribution in [1.82, 2.24) is 5.32 Å². The summed E-state index contributed by atoms with van der Waals surface area (Å²) in [5.41, 5.74) is 1.18. The Hall–Kier alpha value is -0.390. The zero-order valence-corrected chi connectivity index (χ0v) is 9.46. The van der Waals surface area contributed by atoms with Gasteiger partial charge < -0.3 is 10.4 Å². The maximum atomic E-state index is 11.3. The summed E-state index contributed by atoms with van der Waals surface area (Å²) in [7, 11) is -2.78. The van der Waals surface area contributed by atoms with E-state index in [4.69, 9.17) is 0 Å². The van der Waals surface area contributed by atoms with Gasteiger partial charge in [0.25, 0.3) is 0 Å². The molecule has 1 saturated heterocycles. The second-order valence-corrected chi connectivity index (χ2v) is 6.67. The molecular formula is C10H17NO3S. The van der Waals surface area contributed by atoms with E-state index in [0.29, 0.717) is 36.8 Å². The molecule has 0 aromatic heterocycles. The van der Waals surface area contributed by atoms with Crippen LogP contribution < -0.4 is 5.32 Å². The largest absolute Gasteiger partial charge is 0.388 e. The molecule has 2 aliphatic rings. The predicted octanol–water partition coefficient (Wildman–Crippen LogP) is -0.298. The average Bonchev–Trinajstić information content (AvgIpc) is 2.17. The highest BCUT2D eigenvalue weighted by molar-refractivity contribution is 7.91. The molecule has 2 aliphatic heterocycles. The molecule has 4 nitrogen and oxygen atoms in total. The molecule has 0 bridgehead atoms. The van der Waals surface area contributed by atoms with Gasteiger partial charge in [0.15, 0.2) is 0 Å². The number of aliphatic hydroxyl groups excluding tert-OH is 1. The minimum Gasteiger partial charge on any atom is -0.388 e. The number of aliphatic hydroxyl groups is 1. The summed E-state index contributed by atoms with van der Waals surface area (Å²) in [6, 6.07) is 0. The molecule has 0 radical (unpaired) electrons. The molecular weight excluding hydrogens is 214 g/mol. The van der Waals surface area contributed by atoms with Gasteiger partial charge in [0.05, 0.1) is 17.6 Å². The number of sulfone groups is 1. The van der Waals surface area contributed by atoms with Crippen LogP contribution in [0.2, 0.25) is 0 Å². The second kappa shape index (κ2) is 4.23. The van der Waals surface area contributed by atoms with Gasteiger partial charge in [-0.25, -0.2) is 8.42 Å². The lowest BCUT2D eigenvalue weighted by molar-refractivity contribution is 0.210. The standard InChI is InChI=1S/C10H17NO3S/c12-10-5-9(6-11-7-10)8-1-3-15(13,14)4-2-8/h5,8,10-12H,1-4,6-7H2. The van der Waals surface area contributed by atoms with Gasteiger partial charge in [-0.15, -0.1) is 0 Å². The lowest BCUT2D eigenvalue weighted by Gasteiger charge is -2.28. The first-order valence-electron chi connectivity index (χ1n) is 5.36. The number of nitrogens with one attached hydrogen (secondary N) is 1. The SMILES string of the molecule is O=S1(=O)CCC(C2=CC(O)CNC2)CC1. The van der Waals surface area contributed by atoms with Gasteiger partial charge in [0.2, 0.25) is 0 Å². The monoisotopic (exact) mass is 231 g/mol. The lowest BCUT2D eigenvalue weighted by atomic mass is 9.90. The molecule has 0 saturated carbocycles. The minimum atomic E-state index is -2.78. The van der Waals surface area contributed by atoms with Crippen LogP contribution in [0.15, 0.2) is 11.6 Å². The Morgan fingerprint density at radius 2 is 2.00 bits per heavy atom. The lowest BCUT2D eigenvalue weighted by Crippen LogP contribution is -2.36. The van der Waals surface area contributed by atoms with Gasteiger partial charge in [-0.2, -0.15) is 0 Å². The molecule has 2 heterocycles. The molecule has 1 atom stereocenters. The molecule has 0 aromatic rings. The van der Waals surface area contributed by atoms with Crippen LogP contribution in [0, 0.1) is 5.92 Å². The van der Waals surface area contributed by atoms with E-state index in [1.165, 1.54) is 5.57 Å². The maximum Gasteiger partial charge on any atom is 0.150 e. The van der Waals surface area contributed by atoms with E-state index >= 15 is 0 Å². The molecule has 0 aliphatic carbocycles. The van der Waals surface area contributed by atoms with Crippen LogP contribution in [0.3, 0.4) is 0 Å². The van der Waals surface area contributed by atoms with Crippen molar-refractivity contribution in [3.63, 3.8) is 0 Å². The van der Waals surface area contributed by atoms with Crippen molar-refractivity contribution in [2.24, 2.45) is 5.92 Å². The Morgan fingerprint density at radius 1 is 1.33 bits per heavy atom. The Labute approximate surface area is 90.3 Å². The van der Waals surface area contributed by atoms with Crippen LogP contribution in [0.1, 0.15) is 12.8 Å². The van der Waals surface area contributed by atoms with E-state index in [1.807, 2.05) is 6.08 Å². The highest BCUT2D eigenvalue weighted by Crippen LogP contribution is 2.26. The van der Waals surface area contributed by atoms with Gasteiger partial charge in [0, 0.05) is 13.1 Å². The molecule has 5 heteroatoms. The van der Waals surface area contributed by atoms with Crippen molar-refractivity contribution in [2.75, 3.05) is 24.6 Å². The van der Waals surface area contributed by atoms with Crippen molar-refractivity contribution < 1.29 is 13.5 Å². The number of hydrogen-bond donors (Lipinski definition) is 2. The first-order chi connectivity index (χ1) is 7.07. The molecule has 0 spiro atoms. The van der Waals surface area contributed by atoms with Crippen LogP contribution >= 0.6 is 0 Å².